The Labute approximate surface area is 225 Å². The number of thioether (sulfide) groups is 1. The van der Waals surface area contributed by atoms with Gasteiger partial charge in [0, 0.05) is 11.8 Å². The lowest BCUT2D eigenvalue weighted by atomic mass is 10.3. The number of nitrogens with zero attached hydrogens (tertiary/aromatic N) is 3. The van der Waals surface area contributed by atoms with Crippen LogP contribution in [0.4, 0.5) is 10.8 Å². The smallest absolute Gasteiger partial charge is 0.264 e. The Morgan fingerprint density at radius 2 is 1.78 bits per heavy atom. The van der Waals surface area contributed by atoms with Crippen LogP contribution < -0.4 is 23.8 Å². The quantitative estimate of drug-likeness (QED) is 0.235. The van der Waals surface area contributed by atoms with Gasteiger partial charge in [-0.1, -0.05) is 36.9 Å². The first-order chi connectivity index (χ1) is 17.7. The lowest BCUT2D eigenvalue weighted by molar-refractivity contribution is -0.114. The number of methoxy groups -OCH3 is 2. The fourth-order valence-electron chi connectivity index (χ4n) is 3.14. The number of carbonyl (C=O) groups is 1. The van der Waals surface area contributed by atoms with Crippen LogP contribution >= 0.6 is 23.1 Å². The number of sulfonamides is 1. The highest BCUT2D eigenvalue weighted by Gasteiger charge is 2.29. The van der Waals surface area contributed by atoms with Crippen molar-refractivity contribution in [1.29, 1.82) is 0 Å². The van der Waals surface area contributed by atoms with Crippen molar-refractivity contribution in [2.24, 2.45) is 5.92 Å². The van der Waals surface area contributed by atoms with Gasteiger partial charge in [-0.15, -0.1) is 10.2 Å². The summed E-state index contributed by atoms with van der Waals surface area (Å²) in [4.78, 5) is 12.9. The summed E-state index contributed by atoms with van der Waals surface area (Å²) in [6, 6.07) is 10.7. The molecule has 0 saturated carbocycles. The summed E-state index contributed by atoms with van der Waals surface area (Å²) < 4.78 is 45.2. The minimum absolute atomic E-state index is 0.0601. The zero-order valence-electron chi connectivity index (χ0n) is 21.3. The normalized spacial score (nSPS) is 11.3. The molecule has 0 aliphatic rings. The standard InChI is InChI=1S/C24H30N4O6S3/c1-6-34-18-9-7-17(8-10-18)28(37(30,31)19-11-12-20(32-4)21(13-19)33-5)14-22(29)25-23-26-27-24(36-23)35-15-16(2)3/h7-13,16H,6,14-15H2,1-5H3,(H,25,26,29). The van der Waals surface area contributed by atoms with Crippen LogP contribution in [0.5, 0.6) is 17.2 Å². The predicted octanol–water partition coefficient (Wildman–Crippen LogP) is 4.54. The number of carbonyl (C=O) groups excluding carboxylic acids is 1. The van der Waals surface area contributed by atoms with E-state index in [0.29, 0.717) is 34.8 Å². The highest BCUT2D eigenvalue weighted by molar-refractivity contribution is 8.01. The summed E-state index contributed by atoms with van der Waals surface area (Å²) in [5, 5.41) is 11.1. The summed E-state index contributed by atoms with van der Waals surface area (Å²) in [7, 11) is -1.30. The van der Waals surface area contributed by atoms with Gasteiger partial charge in [0.15, 0.2) is 15.8 Å². The van der Waals surface area contributed by atoms with E-state index in [1.807, 2.05) is 6.92 Å². The topological polar surface area (TPSA) is 120 Å². The number of hydrogen-bond acceptors (Lipinski definition) is 10. The Bertz CT molecular complexity index is 1300. The van der Waals surface area contributed by atoms with Gasteiger partial charge in [0.25, 0.3) is 10.0 Å². The van der Waals surface area contributed by atoms with Crippen molar-refractivity contribution in [3.63, 3.8) is 0 Å². The number of hydrogen-bond donors (Lipinski definition) is 1. The Balaban J connectivity index is 1.90. The molecule has 1 heterocycles. The van der Waals surface area contributed by atoms with E-state index in [0.717, 1.165) is 14.4 Å². The molecular weight excluding hydrogens is 536 g/mol. The number of rotatable bonds is 13. The second kappa shape index (κ2) is 13.0. The van der Waals surface area contributed by atoms with E-state index >= 15 is 0 Å². The zero-order chi connectivity index (χ0) is 27.0. The molecule has 0 aliphatic heterocycles. The first-order valence-corrected chi connectivity index (χ1v) is 14.7. The molecule has 0 fully saturated rings. The maximum Gasteiger partial charge on any atom is 0.264 e. The largest absolute Gasteiger partial charge is 0.494 e. The van der Waals surface area contributed by atoms with Crippen molar-refractivity contribution in [3.8, 4) is 17.2 Å². The van der Waals surface area contributed by atoms with Crippen LogP contribution in [0.15, 0.2) is 51.7 Å². The fourth-order valence-corrected chi connectivity index (χ4v) is 6.32. The number of ether oxygens (including phenoxy) is 3. The molecule has 0 bridgehead atoms. The molecule has 10 nitrogen and oxygen atoms in total. The summed E-state index contributed by atoms with van der Waals surface area (Å²) in [6.07, 6.45) is 0. The molecule has 0 saturated heterocycles. The Morgan fingerprint density at radius 1 is 1.08 bits per heavy atom. The predicted molar refractivity (Wildman–Crippen MR) is 146 cm³/mol. The highest BCUT2D eigenvalue weighted by atomic mass is 32.2. The molecule has 13 heteroatoms. The van der Waals surface area contributed by atoms with Gasteiger partial charge in [-0.05, 0) is 49.2 Å². The van der Waals surface area contributed by atoms with Crippen molar-refractivity contribution < 1.29 is 27.4 Å². The van der Waals surface area contributed by atoms with E-state index in [1.165, 1.54) is 43.8 Å². The van der Waals surface area contributed by atoms with Crippen molar-refractivity contribution in [2.45, 2.75) is 30.0 Å². The second-order valence-corrected chi connectivity index (χ2v) is 12.2. The van der Waals surface area contributed by atoms with Gasteiger partial charge in [0.05, 0.1) is 31.4 Å². The second-order valence-electron chi connectivity index (χ2n) is 8.08. The van der Waals surface area contributed by atoms with Gasteiger partial charge in [-0.25, -0.2) is 8.42 Å². The van der Waals surface area contributed by atoms with Crippen LogP contribution in [0, 0.1) is 5.92 Å². The third-order valence-corrected chi connectivity index (χ3v) is 9.03. The van der Waals surface area contributed by atoms with Crippen molar-refractivity contribution >= 4 is 49.8 Å². The summed E-state index contributed by atoms with van der Waals surface area (Å²) in [5.41, 5.74) is 0.291. The van der Waals surface area contributed by atoms with Crippen molar-refractivity contribution in [3.05, 3.63) is 42.5 Å². The van der Waals surface area contributed by atoms with E-state index in [1.54, 1.807) is 36.0 Å². The maximum atomic E-state index is 13.7. The van der Waals surface area contributed by atoms with Gasteiger partial charge in [-0.3, -0.25) is 14.4 Å². The van der Waals surface area contributed by atoms with Crippen LogP contribution in [0.3, 0.4) is 0 Å². The van der Waals surface area contributed by atoms with Crippen LogP contribution in [0.25, 0.3) is 0 Å². The average molecular weight is 567 g/mol. The number of benzene rings is 2. The van der Waals surface area contributed by atoms with Gasteiger partial charge < -0.3 is 14.2 Å². The molecule has 0 unspecified atom stereocenters. The number of amides is 1. The van der Waals surface area contributed by atoms with Gasteiger partial charge in [0.1, 0.15) is 12.3 Å². The molecule has 3 aromatic rings. The zero-order valence-corrected chi connectivity index (χ0v) is 23.7. The SMILES string of the molecule is CCOc1ccc(N(CC(=O)Nc2nnc(SCC(C)C)s2)S(=O)(=O)c2ccc(OC)c(OC)c2)cc1. The highest BCUT2D eigenvalue weighted by Crippen LogP contribution is 2.33. The Kier molecular flexibility index (Phi) is 10.0. The number of aromatic nitrogens is 2. The van der Waals surface area contributed by atoms with Crippen LogP contribution in [-0.2, 0) is 14.8 Å². The van der Waals surface area contributed by atoms with Crippen molar-refractivity contribution in [2.75, 3.05) is 42.7 Å². The van der Waals surface area contributed by atoms with Crippen molar-refractivity contribution in [1.82, 2.24) is 10.2 Å². The minimum Gasteiger partial charge on any atom is -0.494 e. The summed E-state index contributed by atoms with van der Waals surface area (Å²) in [5.74, 6) is 2.01. The molecule has 1 N–H and O–H groups in total. The average Bonchev–Trinajstić information content (AvgIpc) is 3.33. The Morgan fingerprint density at radius 3 is 2.41 bits per heavy atom. The Hall–Kier alpha value is -3.03. The minimum atomic E-state index is -4.18. The molecule has 0 aliphatic carbocycles. The third-order valence-electron chi connectivity index (χ3n) is 4.86. The first-order valence-electron chi connectivity index (χ1n) is 11.4. The van der Waals surface area contributed by atoms with Crippen LogP contribution in [0.2, 0.25) is 0 Å². The van der Waals surface area contributed by atoms with E-state index < -0.39 is 22.5 Å². The molecule has 2 aromatic carbocycles. The lowest BCUT2D eigenvalue weighted by Crippen LogP contribution is -2.38. The van der Waals surface area contributed by atoms with Crippen LogP contribution in [0.1, 0.15) is 20.8 Å². The first kappa shape index (κ1) is 28.5. The van der Waals surface area contributed by atoms with Gasteiger partial charge in [0.2, 0.25) is 11.0 Å². The van der Waals surface area contributed by atoms with Crippen LogP contribution in [-0.4, -0.2) is 57.6 Å². The number of anilines is 2. The summed E-state index contributed by atoms with van der Waals surface area (Å²) in [6.45, 7) is 6.04. The van der Waals surface area contributed by atoms with E-state index in [4.69, 9.17) is 14.2 Å². The molecule has 1 aromatic heterocycles. The molecule has 0 atom stereocenters. The molecule has 1 amide bonds. The van der Waals surface area contributed by atoms with E-state index in [-0.39, 0.29) is 10.6 Å². The molecule has 37 heavy (non-hydrogen) atoms. The van der Waals surface area contributed by atoms with E-state index in [2.05, 4.69) is 29.4 Å². The van der Waals surface area contributed by atoms with Gasteiger partial charge in [-0.2, -0.15) is 0 Å². The number of nitrogens with one attached hydrogen (secondary N) is 1. The third kappa shape index (κ3) is 7.49. The fraction of sp³-hybridized carbons (Fsp3) is 0.375. The van der Waals surface area contributed by atoms with E-state index in [9.17, 15) is 13.2 Å². The van der Waals surface area contributed by atoms with Gasteiger partial charge >= 0.3 is 0 Å². The molecule has 0 spiro atoms. The molecular formula is C24H30N4O6S3. The molecule has 3 rings (SSSR count). The lowest BCUT2D eigenvalue weighted by Gasteiger charge is -2.24. The molecule has 0 radical (unpaired) electrons. The monoisotopic (exact) mass is 566 g/mol. The summed E-state index contributed by atoms with van der Waals surface area (Å²) >= 11 is 2.79. The molecule has 200 valence electrons. The maximum absolute atomic E-state index is 13.7.